The van der Waals surface area contributed by atoms with Crippen LogP contribution in [0, 0.1) is 0 Å². The molecule has 5 rings (SSSR count). The fraction of sp³-hybridized carbons (Fsp3) is 0.179. The van der Waals surface area contributed by atoms with Crippen LogP contribution >= 0.6 is 38.6 Å². The first-order valence-corrected chi connectivity index (χ1v) is 14.1. The number of fused-ring (bicyclic) bond motifs is 1. The second-order valence-electron chi connectivity index (χ2n) is 8.30. The molecule has 0 aliphatic carbocycles. The second kappa shape index (κ2) is 11.0. The first-order valence-electron chi connectivity index (χ1n) is 11.6. The van der Waals surface area contributed by atoms with Crippen molar-refractivity contribution < 1.29 is 14.3 Å². The van der Waals surface area contributed by atoms with E-state index in [1.807, 2.05) is 72.1 Å². The number of thiophene rings is 1. The van der Waals surface area contributed by atoms with E-state index in [-0.39, 0.29) is 12.2 Å². The summed E-state index contributed by atoms with van der Waals surface area (Å²) >= 11 is 6.25. The number of carbonyl (C=O) groups is 1. The Hall–Kier alpha value is -3.27. The van der Waals surface area contributed by atoms with Crippen LogP contribution in [0.1, 0.15) is 35.9 Å². The zero-order chi connectivity index (χ0) is 25.9. The van der Waals surface area contributed by atoms with E-state index in [1.165, 1.54) is 22.7 Å². The summed E-state index contributed by atoms with van der Waals surface area (Å²) in [5, 5.41) is 1.93. The third-order valence-corrected chi connectivity index (χ3v) is 8.26. The highest BCUT2D eigenvalue weighted by atomic mass is 79.9. The summed E-state index contributed by atoms with van der Waals surface area (Å²) in [6.45, 7) is 4.27. The lowest BCUT2D eigenvalue weighted by Crippen LogP contribution is -2.39. The Bertz CT molecular complexity index is 1630. The number of nitrogens with zero attached hydrogens (tertiary/aromatic N) is 2. The maximum Gasteiger partial charge on any atom is 0.338 e. The van der Waals surface area contributed by atoms with Crippen LogP contribution in [0.5, 0.6) is 5.75 Å². The quantitative estimate of drug-likeness (QED) is 0.276. The number of halogens is 1. The molecule has 6 nitrogen and oxygen atoms in total. The van der Waals surface area contributed by atoms with E-state index < -0.39 is 12.0 Å². The van der Waals surface area contributed by atoms with E-state index in [0.29, 0.717) is 27.2 Å². The highest BCUT2D eigenvalue weighted by Gasteiger charge is 2.33. The monoisotopic (exact) mass is 594 g/mol. The molecule has 0 N–H and O–H groups in total. The average Bonchev–Trinajstić information content (AvgIpc) is 3.52. The van der Waals surface area contributed by atoms with Gasteiger partial charge in [0.25, 0.3) is 5.56 Å². The topological polar surface area (TPSA) is 69.9 Å². The third-order valence-electron chi connectivity index (χ3n) is 5.83. The minimum atomic E-state index is -0.563. The molecule has 2 aromatic carbocycles. The smallest absolute Gasteiger partial charge is 0.338 e. The van der Waals surface area contributed by atoms with Crippen LogP contribution in [-0.4, -0.2) is 17.1 Å². The molecule has 37 heavy (non-hydrogen) atoms. The average molecular weight is 596 g/mol. The van der Waals surface area contributed by atoms with Gasteiger partial charge in [0, 0.05) is 9.35 Å². The van der Waals surface area contributed by atoms with E-state index in [4.69, 9.17) is 9.47 Å². The number of carbonyl (C=O) groups excluding carboxylic acids is 1. The van der Waals surface area contributed by atoms with Crippen molar-refractivity contribution in [2.75, 3.05) is 6.61 Å². The third kappa shape index (κ3) is 5.39. The van der Waals surface area contributed by atoms with Crippen LogP contribution in [-0.2, 0) is 16.1 Å². The predicted octanol–water partition coefficient (Wildman–Crippen LogP) is 5.20. The number of hydrogen-bond acceptors (Lipinski definition) is 7. The van der Waals surface area contributed by atoms with Gasteiger partial charge in [-0.15, -0.1) is 11.3 Å². The summed E-state index contributed by atoms with van der Waals surface area (Å²) in [7, 11) is 0. The van der Waals surface area contributed by atoms with Gasteiger partial charge in [0.05, 0.1) is 22.4 Å². The Morgan fingerprint density at radius 2 is 1.89 bits per heavy atom. The van der Waals surface area contributed by atoms with Crippen molar-refractivity contribution >= 4 is 50.6 Å². The Labute approximate surface area is 230 Å². The van der Waals surface area contributed by atoms with Gasteiger partial charge in [0.15, 0.2) is 4.80 Å². The second-order valence-corrected chi connectivity index (χ2v) is 11.2. The summed E-state index contributed by atoms with van der Waals surface area (Å²) in [5.41, 5.74) is 2.72. The molecule has 0 radical (unpaired) electrons. The predicted molar refractivity (Wildman–Crippen MR) is 150 cm³/mol. The highest BCUT2D eigenvalue weighted by molar-refractivity contribution is 9.10. The van der Waals surface area contributed by atoms with Crippen LogP contribution in [0.2, 0.25) is 0 Å². The fourth-order valence-corrected chi connectivity index (χ4v) is 6.20. The highest BCUT2D eigenvalue weighted by Crippen LogP contribution is 2.33. The summed E-state index contributed by atoms with van der Waals surface area (Å²) in [6.07, 6.45) is 1.84. The molecule has 0 fully saturated rings. The van der Waals surface area contributed by atoms with Gasteiger partial charge in [-0.3, -0.25) is 9.36 Å². The number of rotatable bonds is 7. The largest absolute Gasteiger partial charge is 0.489 e. The molecule has 1 aliphatic heterocycles. The van der Waals surface area contributed by atoms with Crippen molar-refractivity contribution in [1.82, 2.24) is 4.57 Å². The van der Waals surface area contributed by atoms with Gasteiger partial charge in [0.1, 0.15) is 18.4 Å². The number of allylic oxidation sites excluding steroid dienone is 1. The standard InChI is InChI=1S/C28H23BrN2O4S2/c1-3-34-27(33)24-17(2)30-28-31(25(24)22-5-4-14-36-22)26(32)23(37-28)15-18-8-12-21(13-9-18)35-16-19-6-10-20(29)11-7-19/h4-15,25H,3,16H2,1-2H3/b23-15-/t25-/m1/s1. The number of hydrogen-bond donors (Lipinski definition) is 0. The molecule has 0 unspecified atom stereocenters. The number of esters is 1. The molecule has 0 saturated carbocycles. The maximum atomic E-state index is 13.6. The normalized spacial score (nSPS) is 15.3. The summed E-state index contributed by atoms with van der Waals surface area (Å²) < 4.78 is 14.4. The molecule has 188 valence electrons. The van der Waals surface area contributed by atoms with Crippen molar-refractivity contribution in [3.05, 3.63) is 117 Å². The molecule has 0 amide bonds. The van der Waals surface area contributed by atoms with E-state index in [1.54, 1.807) is 18.4 Å². The molecule has 0 saturated heterocycles. The summed E-state index contributed by atoms with van der Waals surface area (Å²) in [6, 6.07) is 18.9. The molecular formula is C28H23BrN2O4S2. The van der Waals surface area contributed by atoms with Crippen molar-refractivity contribution in [1.29, 1.82) is 0 Å². The molecule has 9 heteroatoms. The van der Waals surface area contributed by atoms with Crippen LogP contribution in [0.25, 0.3) is 6.08 Å². The zero-order valence-electron chi connectivity index (χ0n) is 20.1. The van der Waals surface area contributed by atoms with Crippen molar-refractivity contribution in [2.24, 2.45) is 4.99 Å². The van der Waals surface area contributed by atoms with Gasteiger partial charge in [-0.05, 0) is 66.8 Å². The molecule has 1 atom stereocenters. The van der Waals surface area contributed by atoms with Gasteiger partial charge in [0.2, 0.25) is 0 Å². The molecule has 0 bridgehead atoms. The van der Waals surface area contributed by atoms with Gasteiger partial charge >= 0.3 is 5.97 Å². The first-order chi connectivity index (χ1) is 17.9. The zero-order valence-corrected chi connectivity index (χ0v) is 23.4. The van der Waals surface area contributed by atoms with E-state index >= 15 is 0 Å². The summed E-state index contributed by atoms with van der Waals surface area (Å²) in [4.78, 5) is 32.5. The molecule has 1 aliphatic rings. The first kappa shape index (κ1) is 25.4. The van der Waals surface area contributed by atoms with Gasteiger partial charge in [-0.1, -0.05) is 57.6 Å². The van der Waals surface area contributed by atoms with E-state index in [2.05, 4.69) is 20.9 Å². The Kier molecular flexibility index (Phi) is 7.55. The van der Waals surface area contributed by atoms with Crippen LogP contribution in [0.3, 0.4) is 0 Å². The Morgan fingerprint density at radius 1 is 1.14 bits per heavy atom. The lowest BCUT2D eigenvalue weighted by Gasteiger charge is -2.23. The van der Waals surface area contributed by atoms with Gasteiger partial charge in [-0.25, -0.2) is 9.79 Å². The van der Waals surface area contributed by atoms with Crippen molar-refractivity contribution in [3.8, 4) is 5.75 Å². The molecule has 2 aromatic heterocycles. The lowest BCUT2D eigenvalue weighted by molar-refractivity contribution is -0.139. The van der Waals surface area contributed by atoms with Crippen LogP contribution in [0.4, 0.5) is 0 Å². The SMILES string of the molecule is CCOC(=O)C1=C(C)N=c2s/c(=C\c3ccc(OCc4ccc(Br)cc4)cc3)c(=O)n2[C@@H]1c1cccs1. The number of ether oxygens (including phenoxy) is 2. The minimum absolute atomic E-state index is 0.188. The molecule has 3 heterocycles. The van der Waals surface area contributed by atoms with Gasteiger partial charge < -0.3 is 9.47 Å². The fourth-order valence-electron chi connectivity index (χ4n) is 4.07. The van der Waals surface area contributed by atoms with Crippen molar-refractivity contribution in [2.45, 2.75) is 26.5 Å². The van der Waals surface area contributed by atoms with Crippen LogP contribution < -0.4 is 19.6 Å². The number of thiazole rings is 1. The molecule has 4 aromatic rings. The Morgan fingerprint density at radius 3 is 2.57 bits per heavy atom. The van der Waals surface area contributed by atoms with E-state index in [9.17, 15) is 9.59 Å². The molecule has 0 spiro atoms. The molecular weight excluding hydrogens is 572 g/mol. The van der Waals surface area contributed by atoms with Crippen molar-refractivity contribution in [3.63, 3.8) is 0 Å². The lowest BCUT2D eigenvalue weighted by atomic mass is 10.0. The minimum Gasteiger partial charge on any atom is -0.489 e. The van der Waals surface area contributed by atoms with E-state index in [0.717, 1.165) is 26.2 Å². The maximum absolute atomic E-state index is 13.6. The Balaban J connectivity index is 1.46. The number of aromatic nitrogens is 1. The van der Waals surface area contributed by atoms with Gasteiger partial charge in [-0.2, -0.15) is 0 Å². The number of benzene rings is 2. The summed E-state index contributed by atoms with van der Waals surface area (Å²) in [5.74, 6) is 0.295. The van der Waals surface area contributed by atoms with Crippen LogP contribution in [0.15, 0.2) is 91.6 Å².